The molecule has 0 N–H and O–H groups in total. The van der Waals surface area contributed by atoms with Crippen LogP contribution in [0.2, 0.25) is 0 Å². The number of hydrogen-bond acceptors (Lipinski definition) is 6. The molecule has 7 nitrogen and oxygen atoms in total. The average Bonchev–Trinajstić information content (AvgIpc) is 2.45. The molecule has 0 saturated carbocycles. The maximum absolute atomic E-state index is 11.0. The summed E-state index contributed by atoms with van der Waals surface area (Å²) in [7, 11) is 3.49. The standard InChI is InChI=1S/C13H13N5O2/c1-17(2)11-7-6-10(9-12(11)18(19)20)15-16-13-5-3-4-8-14-13/h3-9H,1-2H3. The average molecular weight is 271 g/mol. The van der Waals surface area contributed by atoms with Crippen molar-refractivity contribution in [3.63, 3.8) is 0 Å². The summed E-state index contributed by atoms with van der Waals surface area (Å²) in [5.74, 6) is 0.451. The Balaban J connectivity index is 2.32. The van der Waals surface area contributed by atoms with Crippen LogP contribution in [0.5, 0.6) is 0 Å². The Morgan fingerprint density at radius 1 is 1.20 bits per heavy atom. The molecule has 2 aromatic rings. The molecule has 0 spiro atoms. The molecule has 20 heavy (non-hydrogen) atoms. The Labute approximate surface area is 115 Å². The van der Waals surface area contributed by atoms with Crippen LogP contribution < -0.4 is 4.90 Å². The van der Waals surface area contributed by atoms with Crippen molar-refractivity contribution in [1.29, 1.82) is 0 Å². The number of rotatable bonds is 4. The molecule has 0 aliphatic rings. The van der Waals surface area contributed by atoms with Crippen molar-refractivity contribution in [2.75, 3.05) is 19.0 Å². The van der Waals surface area contributed by atoms with Crippen LogP contribution in [0.15, 0.2) is 52.8 Å². The fourth-order valence-corrected chi connectivity index (χ4v) is 1.62. The van der Waals surface area contributed by atoms with Crippen molar-refractivity contribution < 1.29 is 4.92 Å². The summed E-state index contributed by atoms with van der Waals surface area (Å²) >= 11 is 0. The fraction of sp³-hybridized carbons (Fsp3) is 0.154. The highest BCUT2D eigenvalue weighted by Gasteiger charge is 2.15. The minimum atomic E-state index is -0.435. The summed E-state index contributed by atoms with van der Waals surface area (Å²) in [6, 6.07) is 9.97. The van der Waals surface area contributed by atoms with E-state index in [1.165, 1.54) is 6.07 Å². The highest BCUT2D eigenvalue weighted by Crippen LogP contribution is 2.31. The van der Waals surface area contributed by atoms with Crippen LogP contribution in [0.3, 0.4) is 0 Å². The summed E-state index contributed by atoms with van der Waals surface area (Å²) in [5, 5.41) is 18.9. The van der Waals surface area contributed by atoms with Gasteiger partial charge in [0.25, 0.3) is 5.69 Å². The molecule has 0 radical (unpaired) electrons. The van der Waals surface area contributed by atoms with Gasteiger partial charge in [-0.15, -0.1) is 10.2 Å². The second-order valence-electron chi connectivity index (χ2n) is 4.21. The van der Waals surface area contributed by atoms with E-state index in [9.17, 15) is 10.1 Å². The molecular formula is C13H13N5O2. The monoisotopic (exact) mass is 271 g/mol. The van der Waals surface area contributed by atoms with Crippen molar-refractivity contribution in [3.8, 4) is 0 Å². The number of benzene rings is 1. The first-order valence-electron chi connectivity index (χ1n) is 5.86. The Morgan fingerprint density at radius 3 is 2.60 bits per heavy atom. The molecule has 0 atom stereocenters. The van der Waals surface area contributed by atoms with Gasteiger partial charge in [0.1, 0.15) is 5.69 Å². The molecule has 2 rings (SSSR count). The molecule has 1 aromatic carbocycles. The number of azo groups is 1. The molecule has 0 unspecified atom stereocenters. The van der Waals surface area contributed by atoms with Crippen LogP contribution in [0.25, 0.3) is 0 Å². The first-order chi connectivity index (χ1) is 9.58. The summed E-state index contributed by atoms with van der Waals surface area (Å²) in [5.41, 5.74) is 0.923. The van der Waals surface area contributed by atoms with Crippen LogP contribution in [0, 0.1) is 10.1 Å². The molecule has 0 saturated heterocycles. The van der Waals surface area contributed by atoms with Gasteiger partial charge in [-0.3, -0.25) is 10.1 Å². The third-order valence-electron chi connectivity index (χ3n) is 2.55. The lowest BCUT2D eigenvalue weighted by atomic mass is 10.2. The molecule has 0 aliphatic heterocycles. The van der Waals surface area contributed by atoms with Gasteiger partial charge in [0.15, 0.2) is 5.82 Å². The normalized spacial score (nSPS) is 10.7. The Kier molecular flexibility index (Phi) is 3.99. The Morgan fingerprint density at radius 2 is 2.00 bits per heavy atom. The van der Waals surface area contributed by atoms with Gasteiger partial charge >= 0.3 is 0 Å². The van der Waals surface area contributed by atoms with Gasteiger partial charge in [-0.1, -0.05) is 6.07 Å². The van der Waals surface area contributed by atoms with Gasteiger partial charge in [0, 0.05) is 26.4 Å². The number of nitro groups is 1. The van der Waals surface area contributed by atoms with Gasteiger partial charge in [0.2, 0.25) is 0 Å². The van der Waals surface area contributed by atoms with Gasteiger partial charge < -0.3 is 4.90 Å². The highest BCUT2D eigenvalue weighted by molar-refractivity contribution is 5.67. The fourth-order valence-electron chi connectivity index (χ4n) is 1.62. The minimum absolute atomic E-state index is 0.00697. The third-order valence-corrected chi connectivity index (χ3v) is 2.55. The lowest BCUT2D eigenvalue weighted by Gasteiger charge is -2.12. The first-order valence-corrected chi connectivity index (χ1v) is 5.86. The zero-order valence-corrected chi connectivity index (χ0v) is 11.1. The van der Waals surface area contributed by atoms with E-state index in [1.54, 1.807) is 55.5 Å². The van der Waals surface area contributed by atoms with E-state index in [0.29, 0.717) is 17.2 Å². The van der Waals surface area contributed by atoms with E-state index in [4.69, 9.17) is 0 Å². The topological polar surface area (TPSA) is 84.0 Å². The smallest absolute Gasteiger partial charge is 0.294 e. The highest BCUT2D eigenvalue weighted by atomic mass is 16.6. The van der Waals surface area contributed by atoms with Gasteiger partial charge in [0.05, 0.1) is 10.6 Å². The Hall–Kier alpha value is -2.83. The zero-order chi connectivity index (χ0) is 14.5. The third kappa shape index (κ3) is 3.14. The van der Waals surface area contributed by atoms with Gasteiger partial charge in [-0.25, -0.2) is 4.98 Å². The molecule has 0 aliphatic carbocycles. The summed E-state index contributed by atoms with van der Waals surface area (Å²) in [4.78, 5) is 16.3. The predicted molar refractivity (Wildman–Crippen MR) is 75.8 cm³/mol. The van der Waals surface area contributed by atoms with Crippen molar-refractivity contribution in [1.82, 2.24) is 4.98 Å². The van der Waals surface area contributed by atoms with Crippen LogP contribution in [-0.2, 0) is 0 Å². The van der Waals surface area contributed by atoms with Crippen molar-refractivity contribution in [2.24, 2.45) is 10.2 Å². The molecule has 0 fully saturated rings. The van der Waals surface area contributed by atoms with Crippen molar-refractivity contribution in [3.05, 3.63) is 52.7 Å². The first kappa shape index (κ1) is 13.6. The summed E-state index contributed by atoms with van der Waals surface area (Å²) in [6.07, 6.45) is 1.60. The van der Waals surface area contributed by atoms with E-state index in [1.807, 2.05) is 0 Å². The largest absolute Gasteiger partial charge is 0.372 e. The summed E-state index contributed by atoms with van der Waals surface area (Å²) < 4.78 is 0. The second-order valence-corrected chi connectivity index (χ2v) is 4.21. The van der Waals surface area contributed by atoms with E-state index in [-0.39, 0.29) is 5.69 Å². The summed E-state index contributed by atoms with van der Waals surface area (Å²) in [6.45, 7) is 0. The SMILES string of the molecule is CN(C)c1ccc(N=Nc2ccccn2)cc1[N+](=O)[O-]. The number of aromatic nitrogens is 1. The molecule has 102 valence electrons. The van der Waals surface area contributed by atoms with Gasteiger partial charge in [-0.05, 0) is 24.3 Å². The molecule has 0 amide bonds. The maximum atomic E-state index is 11.0. The lowest BCUT2D eigenvalue weighted by molar-refractivity contribution is -0.384. The van der Waals surface area contributed by atoms with Crippen LogP contribution in [0.4, 0.5) is 22.9 Å². The van der Waals surface area contributed by atoms with Gasteiger partial charge in [-0.2, -0.15) is 0 Å². The van der Waals surface area contributed by atoms with E-state index in [0.717, 1.165) is 0 Å². The molecule has 0 bridgehead atoms. The number of hydrogen-bond donors (Lipinski definition) is 0. The molecule has 1 heterocycles. The Bertz CT molecular complexity index is 640. The lowest BCUT2D eigenvalue weighted by Crippen LogP contribution is -2.10. The molecule has 7 heteroatoms. The van der Waals surface area contributed by atoms with Crippen LogP contribution in [0.1, 0.15) is 0 Å². The number of pyridine rings is 1. The number of nitrogens with zero attached hydrogens (tertiary/aromatic N) is 5. The van der Waals surface area contributed by atoms with Crippen LogP contribution >= 0.6 is 0 Å². The van der Waals surface area contributed by atoms with Crippen LogP contribution in [-0.4, -0.2) is 24.0 Å². The minimum Gasteiger partial charge on any atom is -0.372 e. The number of nitro benzene ring substituents is 1. The van der Waals surface area contributed by atoms with Crippen molar-refractivity contribution in [2.45, 2.75) is 0 Å². The maximum Gasteiger partial charge on any atom is 0.294 e. The predicted octanol–water partition coefficient (Wildman–Crippen LogP) is 3.47. The molecule has 1 aromatic heterocycles. The van der Waals surface area contributed by atoms with E-state index >= 15 is 0 Å². The van der Waals surface area contributed by atoms with Crippen molar-refractivity contribution >= 4 is 22.9 Å². The second kappa shape index (κ2) is 5.87. The van der Waals surface area contributed by atoms with E-state index in [2.05, 4.69) is 15.2 Å². The number of anilines is 1. The quantitative estimate of drug-likeness (QED) is 0.484. The van der Waals surface area contributed by atoms with E-state index < -0.39 is 4.92 Å². The molecular weight excluding hydrogens is 258 g/mol. The zero-order valence-electron chi connectivity index (χ0n) is 11.1.